The highest BCUT2D eigenvalue weighted by Gasteiger charge is 2.17. The van der Waals surface area contributed by atoms with E-state index >= 15 is 0 Å². The van der Waals surface area contributed by atoms with Crippen LogP contribution < -0.4 is 0 Å². The molecule has 1 aliphatic heterocycles. The number of aromatic nitrogens is 4. The van der Waals surface area contributed by atoms with Crippen molar-refractivity contribution in [1.82, 2.24) is 24.6 Å². The first-order valence-corrected chi connectivity index (χ1v) is 6.30. The van der Waals surface area contributed by atoms with Crippen LogP contribution in [0.3, 0.4) is 0 Å². The molecule has 0 unspecified atom stereocenters. The van der Waals surface area contributed by atoms with Crippen LogP contribution in [0, 0.1) is 0 Å². The Bertz CT molecular complexity index is 507. The molecule has 0 saturated heterocycles. The van der Waals surface area contributed by atoms with Crippen molar-refractivity contribution in [3.05, 3.63) is 40.6 Å². The van der Waals surface area contributed by atoms with Gasteiger partial charge in [-0.3, -0.25) is 4.90 Å². The highest BCUT2D eigenvalue weighted by molar-refractivity contribution is 9.10. The molecule has 2 aromatic heterocycles. The molecule has 0 radical (unpaired) electrons. The van der Waals surface area contributed by atoms with E-state index in [4.69, 9.17) is 0 Å². The van der Waals surface area contributed by atoms with Gasteiger partial charge in [-0.2, -0.15) is 0 Å². The summed E-state index contributed by atoms with van der Waals surface area (Å²) >= 11 is 3.34. The highest BCUT2D eigenvalue weighted by Crippen LogP contribution is 2.13. The molecule has 6 heteroatoms. The van der Waals surface area contributed by atoms with Gasteiger partial charge < -0.3 is 4.57 Å². The average Bonchev–Trinajstić information content (AvgIpc) is 2.79. The van der Waals surface area contributed by atoms with Crippen molar-refractivity contribution in [2.24, 2.45) is 0 Å². The zero-order chi connectivity index (χ0) is 11.7. The fraction of sp³-hybridized carbons (Fsp3) is 0.364. The Kier molecular flexibility index (Phi) is 2.90. The number of nitrogens with zero attached hydrogens (tertiary/aromatic N) is 5. The number of fused-ring (bicyclic) bond motifs is 1. The molecule has 0 bridgehead atoms. The van der Waals surface area contributed by atoms with Crippen LogP contribution in [0.2, 0.25) is 0 Å². The van der Waals surface area contributed by atoms with E-state index in [0.717, 1.165) is 36.6 Å². The van der Waals surface area contributed by atoms with Crippen LogP contribution in [0.15, 0.2) is 29.3 Å². The maximum atomic E-state index is 4.24. The summed E-state index contributed by atoms with van der Waals surface area (Å²) in [7, 11) is 0. The lowest BCUT2D eigenvalue weighted by atomic mass is 10.2. The summed E-state index contributed by atoms with van der Waals surface area (Å²) in [6.45, 7) is 3.76. The Morgan fingerprint density at radius 1 is 1.29 bits per heavy atom. The van der Waals surface area contributed by atoms with Gasteiger partial charge in [0.15, 0.2) is 0 Å². The number of halogens is 1. The summed E-state index contributed by atoms with van der Waals surface area (Å²) < 4.78 is 2.98. The summed E-state index contributed by atoms with van der Waals surface area (Å²) in [4.78, 5) is 6.59. The van der Waals surface area contributed by atoms with Crippen molar-refractivity contribution < 1.29 is 0 Å². The molecule has 88 valence electrons. The zero-order valence-electron chi connectivity index (χ0n) is 9.25. The molecule has 0 N–H and O–H groups in total. The van der Waals surface area contributed by atoms with Gasteiger partial charge in [-0.25, -0.2) is 4.98 Å². The maximum Gasteiger partial charge on any atom is 0.147 e. The zero-order valence-corrected chi connectivity index (χ0v) is 10.8. The second kappa shape index (κ2) is 4.54. The minimum atomic E-state index is 0.857. The molecule has 2 aromatic rings. The van der Waals surface area contributed by atoms with Gasteiger partial charge in [0.05, 0.1) is 6.54 Å². The number of rotatable bonds is 2. The van der Waals surface area contributed by atoms with Gasteiger partial charge >= 0.3 is 0 Å². The summed E-state index contributed by atoms with van der Waals surface area (Å²) in [5, 5.41) is 8.04. The molecule has 3 heterocycles. The minimum Gasteiger partial charge on any atom is -0.315 e. The minimum absolute atomic E-state index is 0.857. The quantitative estimate of drug-likeness (QED) is 0.787. The summed E-state index contributed by atoms with van der Waals surface area (Å²) in [5.41, 5.74) is 1.22. The standard InChI is InChI=1S/C11H12BrN5/c12-10-2-1-9(5-13-10)6-16-3-4-17-8-14-15-11(17)7-16/h1-2,5,8H,3-4,6-7H2. The van der Waals surface area contributed by atoms with Gasteiger partial charge in [0.2, 0.25) is 0 Å². The van der Waals surface area contributed by atoms with E-state index in [-0.39, 0.29) is 0 Å². The number of pyridine rings is 1. The van der Waals surface area contributed by atoms with Crippen molar-refractivity contribution in [3.63, 3.8) is 0 Å². The van der Waals surface area contributed by atoms with E-state index in [9.17, 15) is 0 Å². The Labute approximate surface area is 108 Å². The third-order valence-electron chi connectivity index (χ3n) is 2.91. The van der Waals surface area contributed by atoms with Crippen molar-refractivity contribution in [3.8, 4) is 0 Å². The summed E-state index contributed by atoms with van der Waals surface area (Å²) in [6.07, 6.45) is 3.71. The highest BCUT2D eigenvalue weighted by atomic mass is 79.9. The molecular formula is C11H12BrN5. The van der Waals surface area contributed by atoms with E-state index in [1.54, 1.807) is 6.33 Å². The van der Waals surface area contributed by atoms with Gasteiger partial charge in [0.25, 0.3) is 0 Å². The number of hydrogen-bond donors (Lipinski definition) is 0. The Morgan fingerprint density at radius 2 is 2.24 bits per heavy atom. The van der Waals surface area contributed by atoms with Crippen LogP contribution in [0.4, 0.5) is 0 Å². The molecular weight excluding hydrogens is 282 g/mol. The van der Waals surface area contributed by atoms with Gasteiger partial charge in [0, 0.05) is 25.8 Å². The molecule has 0 aliphatic carbocycles. The van der Waals surface area contributed by atoms with Gasteiger partial charge in [-0.1, -0.05) is 6.07 Å². The normalized spacial score (nSPS) is 15.8. The molecule has 0 amide bonds. The van der Waals surface area contributed by atoms with Crippen LogP contribution >= 0.6 is 15.9 Å². The SMILES string of the molecule is Brc1ccc(CN2CCn3cnnc3C2)cn1. The van der Waals surface area contributed by atoms with Crippen molar-refractivity contribution in [2.75, 3.05) is 6.54 Å². The molecule has 0 spiro atoms. The van der Waals surface area contributed by atoms with Crippen molar-refractivity contribution in [2.45, 2.75) is 19.6 Å². The Hall–Kier alpha value is -1.27. The monoisotopic (exact) mass is 293 g/mol. The van der Waals surface area contributed by atoms with E-state index in [1.165, 1.54) is 5.56 Å². The molecule has 0 atom stereocenters. The lowest BCUT2D eigenvalue weighted by Gasteiger charge is -2.26. The van der Waals surface area contributed by atoms with Crippen LogP contribution in [-0.2, 0) is 19.6 Å². The first-order valence-electron chi connectivity index (χ1n) is 5.51. The van der Waals surface area contributed by atoms with E-state index < -0.39 is 0 Å². The second-order valence-corrected chi connectivity index (χ2v) is 4.95. The maximum absolute atomic E-state index is 4.24. The largest absolute Gasteiger partial charge is 0.315 e. The fourth-order valence-electron chi connectivity index (χ4n) is 2.01. The van der Waals surface area contributed by atoms with Crippen LogP contribution in [0.25, 0.3) is 0 Å². The lowest BCUT2D eigenvalue weighted by Crippen LogP contribution is -2.33. The first kappa shape index (κ1) is 10.9. The van der Waals surface area contributed by atoms with Crippen molar-refractivity contribution in [1.29, 1.82) is 0 Å². The third-order valence-corrected chi connectivity index (χ3v) is 3.38. The van der Waals surface area contributed by atoms with Gasteiger partial charge in [-0.15, -0.1) is 10.2 Å². The molecule has 17 heavy (non-hydrogen) atoms. The van der Waals surface area contributed by atoms with Crippen LogP contribution in [0.5, 0.6) is 0 Å². The smallest absolute Gasteiger partial charge is 0.147 e. The molecule has 3 rings (SSSR count). The molecule has 0 saturated carbocycles. The Balaban J connectivity index is 1.69. The molecule has 5 nitrogen and oxygen atoms in total. The fourth-order valence-corrected chi connectivity index (χ4v) is 2.24. The van der Waals surface area contributed by atoms with Crippen LogP contribution in [-0.4, -0.2) is 31.2 Å². The summed E-state index contributed by atoms with van der Waals surface area (Å²) in [6, 6.07) is 4.07. The second-order valence-electron chi connectivity index (χ2n) is 4.14. The van der Waals surface area contributed by atoms with Gasteiger partial charge in [0.1, 0.15) is 16.8 Å². The summed E-state index contributed by atoms with van der Waals surface area (Å²) in [5.74, 6) is 1.04. The Morgan fingerprint density at radius 3 is 3.06 bits per heavy atom. The predicted octanol–water partition coefficient (Wildman–Crippen LogP) is 1.45. The third kappa shape index (κ3) is 2.37. The first-order chi connectivity index (χ1) is 8.31. The van der Waals surface area contributed by atoms with E-state index in [2.05, 4.69) is 46.6 Å². The topological polar surface area (TPSA) is 46.8 Å². The molecule has 1 aliphatic rings. The number of hydrogen-bond acceptors (Lipinski definition) is 4. The average molecular weight is 294 g/mol. The van der Waals surface area contributed by atoms with Crippen LogP contribution in [0.1, 0.15) is 11.4 Å². The van der Waals surface area contributed by atoms with Gasteiger partial charge in [-0.05, 0) is 27.6 Å². The predicted molar refractivity (Wildman–Crippen MR) is 66.1 cm³/mol. The molecule has 0 aromatic carbocycles. The lowest BCUT2D eigenvalue weighted by molar-refractivity contribution is 0.208. The van der Waals surface area contributed by atoms with E-state index in [0.29, 0.717) is 0 Å². The van der Waals surface area contributed by atoms with Crippen molar-refractivity contribution >= 4 is 15.9 Å². The van der Waals surface area contributed by atoms with E-state index in [1.807, 2.05) is 12.3 Å². The molecule has 0 fully saturated rings.